The Morgan fingerprint density at radius 3 is 2.65 bits per heavy atom. The molecule has 3 aromatic rings. The molecule has 5 rings (SSSR count). The number of anilines is 1. The Kier molecular flexibility index (Phi) is 2.28. The Morgan fingerprint density at radius 2 is 1.74 bits per heavy atom. The molecule has 0 radical (unpaired) electrons. The van der Waals surface area contributed by atoms with E-state index in [-0.39, 0.29) is 0 Å². The summed E-state index contributed by atoms with van der Waals surface area (Å²) >= 11 is 0. The van der Waals surface area contributed by atoms with E-state index >= 15 is 0 Å². The highest BCUT2D eigenvalue weighted by Crippen LogP contribution is 2.50. The third-order valence-electron chi connectivity index (χ3n) is 4.92. The summed E-state index contributed by atoms with van der Waals surface area (Å²) in [5, 5.41) is 2.31. The number of ether oxygens (including phenoxy) is 1. The molecule has 2 aliphatic rings. The number of nitrogens with zero attached hydrogens (tertiary/aromatic N) is 2. The molecule has 0 saturated heterocycles. The molecule has 0 bridgehead atoms. The van der Waals surface area contributed by atoms with Gasteiger partial charge in [0, 0.05) is 23.7 Å². The molecule has 0 aliphatic carbocycles. The summed E-state index contributed by atoms with van der Waals surface area (Å²) in [5.74, 6) is 1.79. The fourth-order valence-electron chi connectivity index (χ4n) is 3.77. The van der Waals surface area contributed by atoms with Gasteiger partial charge < -0.3 is 9.64 Å². The predicted molar refractivity (Wildman–Crippen MR) is 93.9 cm³/mol. The van der Waals surface area contributed by atoms with E-state index in [1.165, 1.54) is 10.9 Å². The first kappa shape index (κ1) is 12.7. The van der Waals surface area contributed by atoms with Crippen LogP contribution in [0.15, 0.2) is 65.7 Å². The molecule has 0 spiro atoms. The van der Waals surface area contributed by atoms with E-state index in [1.54, 1.807) is 0 Å². The molecule has 0 aromatic heterocycles. The van der Waals surface area contributed by atoms with E-state index in [0.717, 1.165) is 28.3 Å². The fraction of sp³-hybridized carbons (Fsp3) is 0.150. The van der Waals surface area contributed by atoms with E-state index in [9.17, 15) is 0 Å². The van der Waals surface area contributed by atoms with Gasteiger partial charge in [-0.3, -0.25) is 0 Å². The molecule has 0 N–H and O–H groups in total. The standard InChI is InChI=1S/C20H16N2O/c1-20-15-9-5-6-10-16(15)22(2)19(20)21-18-14-8-4-3-7-13(14)11-12-17(18)23-20/h3-12H,1-2H3/t20-/m1/s1. The highest BCUT2D eigenvalue weighted by molar-refractivity contribution is 6.14. The molecule has 23 heavy (non-hydrogen) atoms. The lowest BCUT2D eigenvalue weighted by Gasteiger charge is -2.33. The second kappa shape index (κ2) is 4.13. The third-order valence-corrected chi connectivity index (χ3v) is 4.92. The maximum absolute atomic E-state index is 6.48. The van der Waals surface area contributed by atoms with Crippen LogP contribution in [-0.2, 0) is 5.60 Å². The summed E-state index contributed by atoms with van der Waals surface area (Å²) in [4.78, 5) is 7.16. The predicted octanol–water partition coefficient (Wildman–Crippen LogP) is 4.63. The molecule has 0 fully saturated rings. The molecule has 0 saturated carbocycles. The molecule has 0 amide bonds. The largest absolute Gasteiger partial charge is 0.472 e. The number of rotatable bonds is 0. The zero-order valence-corrected chi connectivity index (χ0v) is 13.1. The molecular formula is C20H16N2O. The highest BCUT2D eigenvalue weighted by Gasteiger charge is 2.48. The number of amidine groups is 1. The van der Waals surface area contributed by atoms with Crippen LogP contribution in [0.25, 0.3) is 10.8 Å². The molecule has 1 atom stereocenters. The van der Waals surface area contributed by atoms with Crippen LogP contribution in [0.4, 0.5) is 11.4 Å². The molecule has 3 nitrogen and oxygen atoms in total. The van der Waals surface area contributed by atoms with Gasteiger partial charge in [0.1, 0.15) is 11.4 Å². The fourth-order valence-corrected chi connectivity index (χ4v) is 3.77. The second-order valence-electron chi connectivity index (χ2n) is 6.28. The Morgan fingerprint density at radius 1 is 0.957 bits per heavy atom. The van der Waals surface area contributed by atoms with Crippen LogP contribution >= 0.6 is 0 Å². The van der Waals surface area contributed by atoms with Crippen molar-refractivity contribution in [3.63, 3.8) is 0 Å². The van der Waals surface area contributed by atoms with Crippen molar-refractivity contribution in [2.24, 2.45) is 4.99 Å². The number of hydrogen-bond donors (Lipinski definition) is 0. The van der Waals surface area contributed by atoms with E-state index in [2.05, 4.69) is 61.3 Å². The topological polar surface area (TPSA) is 24.8 Å². The second-order valence-corrected chi connectivity index (χ2v) is 6.28. The molecule has 3 aromatic carbocycles. The van der Waals surface area contributed by atoms with E-state index in [4.69, 9.17) is 9.73 Å². The van der Waals surface area contributed by atoms with Crippen molar-refractivity contribution in [3.05, 3.63) is 66.2 Å². The quantitative estimate of drug-likeness (QED) is 0.605. The van der Waals surface area contributed by atoms with Crippen LogP contribution in [0.1, 0.15) is 12.5 Å². The molecule has 3 heteroatoms. The van der Waals surface area contributed by atoms with Crippen molar-refractivity contribution in [1.29, 1.82) is 0 Å². The molecule has 0 unspecified atom stereocenters. The SMILES string of the molecule is CN1C2=Nc3c(ccc4ccccc34)O[C@]2(C)c2ccccc21. The van der Waals surface area contributed by atoms with Crippen LogP contribution < -0.4 is 9.64 Å². The molecule has 2 aliphatic heterocycles. The van der Waals surface area contributed by atoms with Gasteiger partial charge in [0.05, 0.1) is 0 Å². The average molecular weight is 300 g/mol. The Bertz CT molecular complexity index is 992. The average Bonchev–Trinajstić information content (AvgIpc) is 2.81. The van der Waals surface area contributed by atoms with Crippen molar-refractivity contribution >= 4 is 28.0 Å². The van der Waals surface area contributed by atoms with Gasteiger partial charge in [-0.25, -0.2) is 4.99 Å². The number of benzene rings is 3. The first-order chi connectivity index (χ1) is 11.2. The van der Waals surface area contributed by atoms with Gasteiger partial charge in [0.25, 0.3) is 0 Å². The zero-order chi connectivity index (χ0) is 15.6. The molecular weight excluding hydrogens is 284 g/mol. The van der Waals surface area contributed by atoms with Crippen LogP contribution in [0.3, 0.4) is 0 Å². The van der Waals surface area contributed by atoms with Crippen molar-refractivity contribution in [3.8, 4) is 5.75 Å². The number of hydrogen-bond acceptors (Lipinski definition) is 3. The Labute approximate surface area is 134 Å². The highest BCUT2D eigenvalue weighted by atomic mass is 16.5. The summed E-state index contributed by atoms with van der Waals surface area (Å²) in [6.45, 7) is 2.10. The van der Waals surface area contributed by atoms with Gasteiger partial charge in [0.2, 0.25) is 0 Å². The zero-order valence-electron chi connectivity index (χ0n) is 13.1. The van der Waals surface area contributed by atoms with E-state index in [1.807, 2.05) is 18.2 Å². The van der Waals surface area contributed by atoms with Crippen molar-refractivity contribution < 1.29 is 4.74 Å². The summed E-state index contributed by atoms with van der Waals surface area (Å²) in [6, 6.07) is 20.8. The lowest BCUT2D eigenvalue weighted by Crippen LogP contribution is -2.42. The van der Waals surface area contributed by atoms with Crippen molar-refractivity contribution in [2.45, 2.75) is 12.5 Å². The first-order valence-corrected chi connectivity index (χ1v) is 7.82. The lowest BCUT2D eigenvalue weighted by atomic mass is 9.95. The van der Waals surface area contributed by atoms with Crippen molar-refractivity contribution in [2.75, 3.05) is 11.9 Å². The summed E-state index contributed by atoms with van der Waals surface area (Å²) < 4.78 is 6.48. The van der Waals surface area contributed by atoms with E-state index in [0.29, 0.717) is 0 Å². The minimum atomic E-state index is -0.527. The lowest BCUT2D eigenvalue weighted by molar-refractivity contribution is 0.163. The molecule has 2 heterocycles. The van der Waals surface area contributed by atoms with Gasteiger partial charge in [-0.05, 0) is 24.4 Å². The Hall–Kier alpha value is -2.81. The van der Waals surface area contributed by atoms with Gasteiger partial charge in [0.15, 0.2) is 11.4 Å². The number of aliphatic imine (C=N–C) groups is 1. The minimum Gasteiger partial charge on any atom is -0.472 e. The van der Waals surface area contributed by atoms with Gasteiger partial charge in [-0.15, -0.1) is 0 Å². The number of likely N-dealkylation sites (N-methyl/N-ethyl adjacent to an activating group) is 1. The summed E-state index contributed by atoms with van der Waals surface area (Å²) in [5.41, 5.74) is 2.72. The van der Waals surface area contributed by atoms with Crippen LogP contribution in [0, 0.1) is 0 Å². The summed E-state index contributed by atoms with van der Waals surface area (Å²) in [7, 11) is 2.06. The normalized spacial score (nSPS) is 21.3. The van der Waals surface area contributed by atoms with Crippen LogP contribution in [0.5, 0.6) is 5.75 Å². The smallest absolute Gasteiger partial charge is 0.191 e. The molecule has 112 valence electrons. The van der Waals surface area contributed by atoms with Gasteiger partial charge >= 0.3 is 0 Å². The minimum absolute atomic E-state index is 0.527. The number of para-hydroxylation sites is 1. The maximum Gasteiger partial charge on any atom is 0.191 e. The Balaban J connectivity index is 1.82. The maximum atomic E-state index is 6.48. The van der Waals surface area contributed by atoms with E-state index < -0.39 is 5.60 Å². The van der Waals surface area contributed by atoms with Crippen LogP contribution in [0.2, 0.25) is 0 Å². The third kappa shape index (κ3) is 1.51. The summed E-state index contributed by atoms with van der Waals surface area (Å²) in [6.07, 6.45) is 0. The van der Waals surface area contributed by atoms with Gasteiger partial charge in [-0.1, -0.05) is 48.5 Å². The first-order valence-electron chi connectivity index (χ1n) is 7.82. The van der Waals surface area contributed by atoms with Crippen LogP contribution in [-0.4, -0.2) is 12.9 Å². The number of fused-ring (bicyclic) bond motifs is 6. The van der Waals surface area contributed by atoms with Crippen molar-refractivity contribution in [1.82, 2.24) is 0 Å². The van der Waals surface area contributed by atoms with Gasteiger partial charge in [-0.2, -0.15) is 0 Å². The monoisotopic (exact) mass is 300 g/mol.